The Morgan fingerprint density at radius 3 is 2.44 bits per heavy atom. The summed E-state index contributed by atoms with van der Waals surface area (Å²) in [6, 6.07) is 16.8. The van der Waals surface area contributed by atoms with Gasteiger partial charge >= 0.3 is 0 Å². The Labute approximate surface area is 208 Å². The predicted octanol–water partition coefficient (Wildman–Crippen LogP) is 3.56. The molecule has 0 aliphatic carbocycles. The topological polar surface area (TPSA) is 97.3 Å². The third-order valence-electron chi connectivity index (χ3n) is 6.02. The van der Waals surface area contributed by atoms with Gasteiger partial charge in [0.2, 0.25) is 5.91 Å². The van der Waals surface area contributed by atoms with Gasteiger partial charge in [-0.15, -0.1) is 0 Å². The van der Waals surface area contributed by atoms with Crippen LogP contribution in [0.5, 0.6) is 11.5 Å². The van der Waals surface area contributed by atoms with Crippen molar-refractivity contribution >= 4 is 17.5 Å². The Morgan fingerprint density at radius 2 is 1.78 bits per heavy atom. The smallest absolute Gasteiger partial charge is 0.255 e. The highest BCUT2D eigenvalue weighted by Gasteiger charge is 2.34. The fourth-order valence-corrected chi connectivity index (χ4v) is 4.04. The van der Waals surface area contributed by atoms with Crippen molar-refractivity contribution in [3.63, 3.8) is 0 Å². The minimum Gasteiger partial charge on any atom is -0.493 e. The maximum Gasteiger partial charge on any atom is 0.255 e. The van der Waals surface area contributed by atoms with Gasteiger partial charge in [0, 0.05) is 17.8 Å². The second-order valence-corrected chi connectivity index (χ2v) is 8.32. The molecule has 4 rings (SSSR count). The molecule has 1 saturated heterocycles. The highest BCUT2D eigenvalue weighted by atomic mass is 19.1. The zero-order valence-electron chi connectivity index (χ0n) is 19.9. The van der Waals surface area contributed by atoms with Crippen LogP contribution in [0.4, 0.5) is 10.1 Å². The average molecular weight is 495 g/mol. The second-order valence-electron chi connectivity index (χ2n) is 8.32. The predicted molar refractivity (Wildman–Crippen MR) is 130 cm³/mol. The van der Waals surface area contributed by atoms with E-state index in [0.717, 1.165) is 5.56 Å². The van der Waals surface area contributed by atoms with Crippen molar-refractivity contribution in [3.8, 4) is 11.5 Å². The Bertz CT molecular complexity index is 1220. The summed E-state index contributed by atoms with van der Waals surface area (Å²) < 4.78 is 29.1. The molecule has 0 aromatic heterocycles. The molecule has 9 heteroatoms. The van der Waals surface area contributed by atoms with E-state index in [1.54, 1.807) is 59.5 Å². The molecular weight excluding hydrogens is 467 g/mol. The first-order chi connectivity index (χ1) is 17.4. The number of hydrogen-bond acceptors (Lipinski definition) is 6. The number of aliphatic hydroxyl groups is 1. The summed E-state index contributed by atoms with van der Waals surface area (Å²) >= 11 is 0. The number of carbonyl (C=O) groups is 2. The molecule has 3 aromatic rings. The van der Waals surface area contributed by atoms with Crippen molar-refractivity contribution in [3.05, 3.63) is 89.2 Å². The number of hydrogen-bond donors (Lipinski definition) is 2. The Morgan fingerprint density at radius 1 is 1.08 bits per heavy atom. The van der Waals surface area contributed by atoms with E-state index < -0.39 is 12.1 Å². The summed E-state index contributed by atoms with van der Waals surface area (Å²) in [5.74, 6) is 0.0143. The Kier molecular flexibility index (Phi) is 7.82. The molecule has 3 aromatic carbocycles. The van der Waals surface area contributed by atoms with Crippen LogP contribution in [0, 0.1) is 5.82 Å². The fraction of sp³-hybridized carbons (Fsp3) is 0.259. The fourth-order valence-electron chi connectivity index (χ4n) is 4.04. The maximum atomic E-state index is 13.3. The molecule has 8 nitrogen and oxygen atoms in total. The van der Waals surface area contributed by atoms with Crippen molar-refractivity contribution < 1.29 is 33.3 Å². The molecule has 0 spiro atoms. The number of aliphatic hydroxyl groups excluding tert-OH is 1. The zero-order valence-corrected chi connectivity index (χ0v) is 19.9. The van der Waals surface area contributed by atoms with Crippen LogP contribution in [0.3, 0.4) is 0 Å². The third kappa shape index (κ3) is 5.64. The van der Waals surface area contributed by atoms with E-state index in [1.165, 1.54) is 26.4 Å². The number of amides is 2. The van der Waals surface area contributed by atoms with Crippen LogP contribution in [0.2, 0.25) is 0 Å². The van der Waals surface area contributed by atoms with Crippen LogP contribution in [0.15, 0.2) is 66.7 Å². The van der Waals surface area contributed by atoms with E-state index in [4.69, 9.17) is 14.2 Å². The molecule has 2 atom stereocenters. The van der Waals surface area contributed by atoms with E-state index in [9.17, 15) is 19.1 Å². The van der Waals surface area contributed by atoms with Gasteiger partial charge in [-0.2, -0.15) is 0 Å². The second kappa shape index (κ2) is 11.2. The number of carbonyl (C=O) groups excluding carboxylic acids is 2. The van der Waals surface area contributed by atoms with Crippen LogP contribution >= 0.6 is 0 Å². The molecule has 1 fully saturated rings. The van der Waals surface area contributed by atoms with E-state index in [-0.39, 0.29) is 37.4 Å². The molecule has 1 aliphatic heterocycles. The number of rotatable bonds is 8. The number of methoxy groups -OCH3 is 2. The number of benzene rings is 3. The lowest BCUT2D eigenvalue weighted by Gasteiger charge is -2.38. The normalized spacial score (nSPS) is 16.4. The maximum absolute atomic E-state index is 13.3. The van der Waals surface area contributed by atoms with E-state index >= 15 is 0 Å². The molecule has 2 N–H and O–H groups in total. The molecule has 1 aliphatic rings. The average Bonchev–Trinajstić information content (AvgIpc) is 2.90. The number of anilines is 1. The molecule has 0 unspecified atom stereocenters. The van der Waals surface area contributed by atoms with Gasteiger partial charge in [0.15, 0.2) is 11.5 Å². The van der Waals surface area contributed by atoms with Crippen LogP contribution in [-0.2, 0) is 16.1 Å². The van der Waals surface area contributed by atoms with Gasteiger partial charge in [-0.1, -0.05) is 24.3 Å². The quantitative estimate of drug-likeness (QED) is 0.497. The van der Waals surface area contributed by atoms with Crippen molar-refractivity contribution in [2.45, 2.75) is 18.7 Å². The number of nitrogens with zero attached hydrogens (tertiary/aromatic N) is 1. The molecular formula is C27H27FN2O6. The van der Waals surface area contributed by atoms with Crippen molar-refractivity contribution in [1.82, 2.24) is 4.90 Å². The summed E-state index contributed by atoms with van der Waals surface area (Å²) in [5.41, 5.74) is 2.24. The zero-order chi connectivity index (χ0) is 25.7. The van der Waals surface area contributed by atoms with E-state index in [0.29, 0.717) is 28.3 Å². The molecule has 2 amide bonds. The van der Waals surface area contributed by atoms with Crippen LogP contribution < -0.4 is 14.8 Å². The summed E-state index contributed by atoms with van der Waals surface area (Å²) in [6.07, 6.45) is -1.02. The standard InChI is InChI=1S/C27H27FN2O6/c1-34-23-12-7-19(13-24(23)35-2)27(33)29-21-10-5-18(6-11-21)26(32)22-15-36-16-25(31)30(22)14-17-3-8-20(28)9-4-17/h3-13,22,26,32H,14-16H2,1-2H3,(H,29,33)/t22-,26-/m1/s1. The van der Waals surface area contributed by atoms with Gasteiger partial charge in [-0.25, -0.2) is 4.39 Å². The molecule has 188 valence electrons. The number of halogens is 1. The van der Waals surface area contributed by atoms with Crippen molar-refractivity contribution in [2.75, 3.05) is 32.8 Å². The van der Waals surface area contributed by atoms with Gasteiger partial charge in [0.25, 0.3) is 5.91 Å². The lowest BCUT2D eigenvalue weighted by atomic mass is 9.99. The molecule has 36 heavy (non-hydrogen) atoms. The first-order valence-electron chi connectivity index (χ1n) is 11.3. The van der Waals surface area contributed by atoms with Gasteiger partial charge in [0.05, 0.1) is 26.9 Å². The Balaban J connectivity index is 1.45. The van der Waals surface area contributed by atoms with Gasteiger partial charge < -0.3 is 29.5 Å². The first kappa shape index (κ1) is 25.2. The van der Waals surface area contributed by atoms with E-state index in [2.05, 4.69) is 5.32 Å². The minimum atomic E-state index is -1.02. The largest absolute Gasteiger partial charge is 0.493 e. The number of morpholine rings is 1. The first-order valence-corrected chi connectivity index (χ1v) is 11.3. The monoisotopic (exact) mass is 494 g/mol. The summed E-state index contributed by atoms with van der Waals surface area (Å²) in [4.78, 5) is 26.8. The molecule has 0 bridgehead atoms. The number of ether oxygens (including phenoxy) is 3. The van der Waals surface area contributed by atoms with E-state index in [1.807, 2.05) is 0 Å². The lowest BCUT2D eigenvalue weighted by molar-refractivity contribution is -0.155. The number of nitrogens with one attached hydrogen (secondary N) is 1. The summed E-state index contributed by atoms with van der Waals surface area (Å²) in [6.45, 7) is 0.307. The van der Waals surface area contributed by atoms with Crippen molar-refractivity contribution in [1.29, 1.82) is 0 Å². The Hall–Kier alpha value is -3.95. The van der Waals surface area contributed by atoms with Crippen molar-refractivity contribution in [2.24, 2.45) is 0 Å². The summed E-state index contributed by atoms with van der Waals surface area (Å²) in [7, 11) is 3.01. The summed E-state index contributed by atoms with van der Waals surface area (Å²) in [5, 5.41) is 13.9. The molecule has 0 saturated carbocycles. The lowest BCUT2D eigenvalue weighted by Crippen LogP contribution is -2.51. The SMILES string of the molecule is COc1ccc(C(=O)Nc2ccc([C@@H](O)[C@H]3COCC(=O)N3Cc3ccc(F)cc3)cc2)cc1OC. The van der Waals surface area contributed by atoms with Gasteiger partial charge in [-0.3, -0.25) is 9.59 Å². The van der Waals surface area contributed by atoms with Crippen LogP contribution in [-0.4, -0.2) is 55.3 Å². The molecule has 1 heterocycles. The van der Waals surface area contributed by atoms with Gasteiger partial charge in [0.1, 0.15) is 18.5 Å². The van der Waals surface area contributed by atoms with Crippen LogP contribution in [0.25, 0.3) is 0 Å². The highest BCUT2D eigenvalue weighted by Crippen LogP contribution is 2.29. The third-order valence-corrected chi connectivity index (χ3v) is 6.02. The minimum absolute atomic E-state index is 0.0778. The van der Waals surface area contributed by atoms with Crippen LogP contribution in [0.1, 0.15) is 27.6 Å². The molecule has 0 radical (unpaired) electrons. The highest BCUT2D eigenvalue weighted by molar-refractivity contribution is 6.04. The van der Waals surface area contributed by atoms with Gasteiger partial charge in [-0.05, 0) is 53.6 Å².